The number of ether oxygens (including phenoxy) is 2. The predicted molar refractivity (Wildman–Crippen MR) is 112 cm³/mol. The Morgan fingerprint density at radius 1 is 0.939 bits per heavy atom. The van der Waals surface area contributed by atoms with Gasteiger partial charge in [0.2, 0.25) is 23.6 Å². The average Bonchev–Trinajstić information content (AvgIpc) is 2.68. The van der Waals surface area contributed by atoms with Crippen LogP contribution in [0.5, 0.6) is 11.8 Å². The Hall–Kier alpha value is -2.47. The van der Waals surface area contributed by atoms with Crippen LogP contribution in [0.3, 0.4) is 0 Å². The summed E-state index contributed by atoms with van der Waals surface area (Å²) in [6.07, 6.45) is -9.35. The number of carbonyl (C=O) groups excluding carboxylic acids is 1. The standard InChI is InChI=1S/C10H9F6N3O3.C7H6Cl2.C2H6/c1-5(20)17-8-18-6(21-3-9(11,12)13)2-7(19-8)22-4-10(14,15)16;1-5-2-3-6(8)4-7(5)9;1-2/h2H,3-4H2,1H3,(H,17,18,19,20);2-4H,1H3;1-2H3. The van der Waals surface area contributed by atoms with Crippen molar-refractivity contribution in [2.75, 3.05) is 18.5 Å². The molecule has 0 fully saturated rings. The molecule has 33 heavy (non-hydrogen) atoms. The zero-order chi connectivity index (χ0) is 25.8. The highest BCUT2D eigenvalue weighted by atomic mass is 35.5. The number of aryl methyl sites for hydroxylation is 1. The lowest BCUT2D eigenvalue weighted by Gasteiger charge is -2.12. The molecule has 1 heterocycles. The first-order chi connectivity index (χ1) is 15.1. The van der Waals surface area contributed by atoms with E-state index in [2.05, 4.69) is 19.4 Å². The lowest BCUT2D eigenvalue weighted by molar-refractivity contribution is -0.154. The first-order valence-electron chi connectivity index (χ1n) is 9.12. The Morgan fingerprint density at radius 2 is 1.39 bits per heavy atom. The first kappa shape index (κ1) is 30.5. The average molecular weight is 524 g/mol. The molecule has 0 atom stereocenters. The van der Waals surface area contributed by atoms with Gasteiger partial charge in [-0.1, -0.05) is 43.1 Å². The van der Waals surface area contributed by atoms with E-state index in [1.54, 1.807) is 6.07 Å². The molecule has 6 nitrogen and oxygen atoms in total. The Kier molecular flexibility index (Phi) is 12.9. The summed E-state index contributed by atoms with van der Waals surface area (Å²) in [5, 5.41) is 3.41. The number of alkyl halides is 6. The van der Waals surface area contributed by atoms with Gasteiger partial charge in [-0.2, -0.15) is 36.3 Å². The molecular formula is C19H21Cl2F6N3O3. The van der Waals surface area contributed by atoms with Crippen LogP contribution >= 0.6 is 23.2 Å². The summed E-state index contributed by atoms with van der Waals surface area (Å²) in [6.45, 7) is 3.55. The van der Waals surface area contributed by atoms with Crippen molar-refractivity contribution < 1.29 is 40.6 Å². The van der Waals surface area contributed by atoms with Gasteiger partial charge in [-0.3, -0.25) is 10.1 Å². The molecule has 2 rings (SSSR count). The topological polar surface area (TPSA) is 73.3 Å². The largest absolute Gasteiger partial charge is 0.468 e. The number of aromatic nitrogens is 2. The quantitative estimate of drug-likeness (QED) is 0.444. The summed E-state index contributed by atoms with van der Waals surface area (Å²) >= 11 is 11.4. The number of amides is 1. The van der Waals surface area contributed by atoms with Gasteiger partial charge in [0.1, 0.15) is 0 Å². The minimum atomic E-state index is -4.67. The molecular weight excluding hydrogens is 503 g/mol. The van der Waals surface area contributed by atoms with Crippen molar-refractivity contribution in [2.45, 2.75) is 40.0 Å². The molecule has 0 bridgehead atoms. The number of nitrogens with zero attached hydrogens (tertiary/aromatic N) is 2. The maximum absolute atomic E-state index is 12.0. The van der Waals surface area contributed by atoms with Crippen molar-refractivity contribution >= 4 is 35.1 Å². The number of hydrogen-bond acceptors (Lipinski definition) is 5. The number of hydrogen-bond donors (Lipinski definition) is 1. The van der Waals surface area contributed by atoms with Crippen molar-refractivity contribution in [3.8, 4) is 11.8 Å². The van der Waals surface area contributed by atoms with Gasteiger partial charge in [0.25, 0.3) is 0 Å². The highest BCUT2D eigenvalue weighted by Gasteiger charge is 2.30. The fourth-order valence-electron chi connectivity index (χ4n) is 1.64. The predicted octanol–water partition coefficient (Wildman–Crippen LogP) is 6.65. The van der Waals surface area contributed by atoms with Crippen molar-refractivity contribution in [3.63, 3.8) is 0 Å². The third-order valence-electron chi connectivity index (χ3n) is 2.87. The summed E-state index contributed by atoms with van der Waals surface area (Å²) in [7, 11) is 0. The number of halogens is 8. The fourth-order valence-corrected chi connectivity index (χ4v) is 2.05. The molecule has 186 valence electrons. The van der Waals surface area contributed by atoms with Crippen molar-refractivity contribution in [1.29, 1.82) is 0 Å². The number of rotatable bonds is 5. The van der Waals surface area contributed by atoms with E-state index in [-0.39, 0.29) is 0 Å². The maximum atomic E-state index is 12.0. The fraction of sp³-hybridized carbons (Fsp3) is 0.421. The van der Waals surface area contributed by atoms with E-state index in [9.17, 15) is 31.1 Å². The first-order valence-corrected chi connectivity index (χ1v) is 9.87. The molecule has 0 aliphatic carbocycles. The number of nitrogens with one attached hydrogen (secondary N) is 1. The molecule has 0 unspecified atom stereocenters. The van der Waals surface area contributed by atoms with Crippen LogP contribution in [0.4, 0.5) is 32.3 Å². The zero-order valence-electron chi connectivity index (χ0n) is 17.9. The van der Waals surface area contributed by atoms with E-state index in [0.29, 0.717) is 11.1 Å². The Balaban J connectivity index is 0.000000770. The van der Waals surface area contributed by atoms with Crippen LogP contribution in [-0.2, 0) is 4.79 Å². The molecule has 1 aromatic heterocycles. The Morgan fingerprint density at radius 3 is 1.73 bits per heavy atom. The van der Waals surface area contributed by atoms with Crippen molar-refractivity contribution in [3.05, 3.63) is 39.9 Å². The molecule has 0 spiro atoms. The van der Waals surface area contributed by atoms with E-state index >= 15 is 0 Å². The van der Waals surface area contributed by atoms with Gasteiger partial charge in [-0.25, -0.2) is 0 Å². The van der Waals surface area contributed by atoms with Crippen LogP contribution in [0.25, 0.3) is 0 Å². The monoisotopic (exact) mass is 523 g/mol. The Bertz CT molecular complexity index is 860. The molecule has 1 aromatic carbocycles. The minimum absolute atomic E-state index is 0.552. The molecule has 1 amide bonds. The third kappa shape index (κ3) is 15.1. The highest BCUT2D eigenvalue weighted by molar-refractivity contribution is 6.35. The number of benzene rings is 1. The van der Waals surface area contributed by atoms with Crippen LogP contribution in [0.1, 0.15) is 26.3 Å². The van der Waals surface area contributed by atoms with Gasteiger partial charge in [-0.05, 0) is 24.6 Å². The van der Waals surface area contributed by atoms with Crippen LogP contribution < -0.4 is 14.8 Å². The van der Waals surface area contributed by atoms with Crippen molar-refractivity contribution in [1.82, 2.24) is 9.97 Å². The van der Waals surface area contributed by atoms with Gasteiger partial charge < -0.3 is 9.47 Å². The molecule has 0 aliphatic heterocycles. The summed E-state index contributed by atoms with van der Waals surface area (Å²) in [6, 6.07) is 6.09. The molecule has 0 aliphatic rings. The summed E-state index contributed by atoms with van der Waals surface area (Å²) < 4.78 is 80.8. The van der Waals surface area contributed by atoms with Crippen LogP contribution in [0, 0.1) is 6.92 Å². The summed E-state index contributed by atoms with van der Waals surface area (Å²) in [5.74, 6) is -2.64. The van der Waals surface area contributed by atoms with Gasteiger partial charge >= 0.3 is 12.4 Å². The SMILES string of the molecule is CC.CC(=O)Nc1nc(OCC(F)(F)F)cc(OCC(F)(F)F)n1.Cc1ccc(Cl)cc1Cl. The zero-order valence-corrected chi connectivity index (χ0v) is 19.4. The number of carbonyl (C=O) groups is 1. The van der Waals surface area contributed by atoms with Gasteiger partial charge in [-0.15, -0.1) is 0 Å². The van der Waals surface area contributed by atoms with Gasteiger partial charge in [0.15, 0.2) is 13.2 Å². The van der Waals surface area contributed by atoms with E-state index < -0.39 is 49.2 Å². The van der Waals surface area contributed by atoms with Crippen LogP contribution in [0.2, 0.25) is 10.0 Å². The molecule has 1 N–H and O–H groups in total. The molecule has 0 radical (unpaired) electrons. The number of anilines is 1. The summed E-state index contributed by atoms with van der Waals surface area (Å²) in [4.78, 5) is 17.6. The minimum Gasteiger partial charge on any atom is -0.468 e. The van der Waals surface area contributed by atoms with Crippen molar-refractivity contribution in [2.24, 2.45) is 0 Å². The normalized spacial score (nSPS) is 10.8. The molecule has 0 saturated heterocycles. The van der Waals surface area contributed by atoms with Crippen LogP contribution in [0.15, 0.2) is 24.3 Å². The molecule has 0 saturated carbocycles. The maximum Gasteiger partial charge on any atom is 0.422 e. The van der Waals surface area contributed by atoms with Gasteiger partial charge in [0, 0.05) is 17.0 Å². The van der Waals surface area contributed by atoms with Crippen LogP contribution in [-0.4, -0.2) is 41.4 Å². The molecule has 14 heteroatoms. The second kappa shape index (κ2) is 13.9. The highest BCUT2D eigenvalue weighted by Crippen LogP contribution is 2.23. The summed E-state index contributed by atoms with van der Waals surface area (Å²) in [5.41, 5.74) is 1.06. The van der Waals surface area contributed by atoms with Gasteiger partial charge in [0.05, 0.1) is 6.07 Å². The van der Waals surface area contributed by atoms with E-state index in [1.807, 2.05) is 38.2 Å². The van der Waals surface area contributed by atoms with E-state index in [1.165, 1.54) is 0 Å². The second-order valence-electron chi connectivity index (χ2n) is 5.75. The Labute approximate surface area is 196 Å². The van der Waals surface area contributed by atoms with E-state index in [0.717, 1.165) is 17.5 Å². The molecule has 2 aromatic rings. The third-order valence-corrected chi connectivity index (χ3v) is 3.51. The smallest absolute Gasteiger partial charge is 0.422 e. The lowest BCUT2D eigenvalue weighted by Crippen LogP contribution is -2.21. The second-order valence-corrected chi connectivity index (χ2v) is 6.59. The van der Waals surface area contributed by atoms with E-state index in [4.69, 9.17) is 23.2 Å². The lowest BCUT2D eigenvalue weighted by atomic mass is 10.2.